The van der Waals surface area contributed by atoms with Gasteiger partial charge >= 0.3 is 89.3 Å². The second kappa shape index (κ2) is 40.9. The maximum atomic E-state index is 12.8. The van der Waals surface area contributed by atoms with Gasteiger partial charge in [-0.3, -0.25) is 9.35 Å². The molecule has 2 fully saturated rings. The zero-order valence-corrected chi connectivity index (χ0v) is 57.9. The van der Waals surface area contributed by atoms with Gasteiger partial charge in [-0.1, -0.05) is 76.3 Å². The van der Waals surface area contributed by atoms with Crippen LogP contribution in [0.25, 0.3) is 0 Å². The van der Waals surface area contributed by atoms with Gasteiger partial charge in [0.2, 0.25) is 5.91 Å². The first kappa shape index (κ1) is 82.9. The van der Waals surface area contributed by atoms with Crippen molar-refractivity contribution in [2.24, 2.45) is 0 Å². The molecule has 11 atom stereocenters. The van der Waals surface area contributed by atoms with Crippen molar-refractivity contribution >= 4 is 65.3 Å². The number of nitrogens with zero attached hydrogens (tertiary/aromatic N) is 2. The van der Waals surface area contributed by atoms with Crippen LogP contribution < -0.4 is 66.9 Å². The van der Waals surface area contributed by atoms with E-state index in [1.807, 2.05) is 32.1 Å². The normalized spacial score (nSPS) is 25.2. The van der Waals surface area contributed by atoms with Crippen LogP contribution in [0.1, 0.15) is 109 Å². The van der Waals surface area contributed by atoms with Gasteiger partial charge in [-0.25, -0.2) is 9.37 Å². The molecule has 0 aliphatic carbocycles. The smallest absolute Gasteiger partial charge is 0.440 e. The van der Waals surface area contributed by atoms with E-state index in [9.17, 15) is 53.2 Å². The van der Waals surface area contributed by atoms with Crippen molar-refractivity contribution in [3.8, 4) is 0 Å². The Labute approximate surface area is 576 Å². The summed E-state index contributed by atoms with van der Waals surface area (Å²) < 4.78 is 146. The number of nitrogens with one attached hydrogen (secondary N) is 2. The van der Waals surface area contributed by atoms with Gasteiger partial charge in [-0.05, 0) is 56.0 Å². The van der Waals surface area contributed by atoms with Crippen LogP contribution in [0.15, 0.2) is 77.4 Å². The SMILES string of the molecule is CCCC[N+]1=C(/C=C/C=C/C=C2\N(CCCCCC(=O)NCCOCCOC3O[C@@H](CO)[C@@H](O)[C@H](O)[C@@H]3O[C@H]3O[C@H](CO)[C@@H](O)[C@H](OC(=O)NC)[C@@H]3O)c3ccc(S(=O)(=O)O)cc3C2(C)C)c2cc[c-]cc2C1(C)CCCC.O=S(=O)=O.O=S(=O)=O.O=S(=O)=O.[K+]. The second-order valence-corrected chi connectivity index (χ2v) is 24.0. The van der Waals surface area contributed by atoms with Crippen LogP contribution in [0.5, 0.6) is 0 Å². The van der Waals surface area contributed by atoms with Gasteiger partial charge in [0.25, 0.3) is 10.1 Å². The molecule has 2 amide bonds. The molecule has 30 nitrogen and oxygen atoms in total. The van der Waals surface area contributed by atoms with E-state index in [0.29, 0.717) is 13.0 Å². The molecule has 35 heteroatoms. The molecule has 4 heterocycles. The molecule has 2 aromatic rings. The number of hydrogen-bond donors (Lipinski definition) is 9. The molecule has 0 saturated carbocycles. The van der Waals surface area contributed by atoms with Gasteiger partial charge in [0.1, 0.15) is 54.8 Å². The summed E-state index contributed by atoms with van der Waals surface area (Å²) >= 11 is 0. The van der Waals surface area contributed by atoms with E-state index in [0.717, 1.165) is 68.4 Å². The van der Waals surface area contributed by atoms with Crippen LogP contribution in [0, 0.1) is 6.07 Å². The molecule has 0 radical (unpaired) electrons. The number of aliphatic hydroxyl groups is 6. The standard InChI is InChI=1S/C56H82N4O17S.K.3O3S/c1-7-9-26-56(5)38-20-17-16-19-37(38)40(60(56)29-10-8-2)21-13-11-14-22-44-55(3,4)39-33-36(78(69,70)71)24-25-41(39)59(44)28-18-12-15-23-45(63)58-27-30-72-31-32-73-53-51(48(66)46(64)42(34-61)75-53)76-52-49(67)50(77-54(68)57-6)47(65)43(35-62)74-52;;3*1-4(2)3/h11,13-14,16,19-22,24-25,33,42-43,46-53,61-62,64-67H,7-10,12,15,18,23,26-32,34-35H2,1-6H3,(H,57,68)(H,58,63)(H,69,70,71);;;;/q;+1;;;/t42-,43+,46+,47+,48-,49-,50-,51-,52+,53?,56?;;;;/m0..../s1. The van der Waals surface area contributed by atoms with Crippen LogP contribution in [0.4, 0.5) is 10.5 Å². The zero-order valence-electron chi connectivity index (χ0n) is 51.6. The number of carbonyl (C=O) groups excluding carboxylic acids is 2. The quantitative estimate of drug-likeness (QED) is 0.0104. The number of alkyl carbamates (subject to hydrolysis) is 1. The van der Waals surface area contributed by atoms with Gasteiger partial charge in [-0.2, -0.15) is 32.7 Å². The minimum Gasteiger partial charge on any atom is -0.440 e. The summed E-state index contributed by atoms with van der Waals surface area (Å²) in [4.78, 5) is 26.8. The molecule has 506 valence electrons. The molecule has 91 heavy (non-hydrogen) atoms. The number of aliphatic hydroxyl groups excluding tert-OH is 6. The second-order valence-electron chi connectivity index (χ2n) is 21.4. The molecular formula is C56H82KN4O26S4+. The van der Waals surface area contributed by atoms with E-state index >= 15 is 0 Å². The Morgan fingerprint density at radius 3 is 2.00 bits per heavy atom. The summed E-state index contributed by atoms with van der Waals surface area (Å²) in [7, 11) is -12.5. The molecule has 2 unspecified atom stereocenters. The Morgan fingerprint density at radius 1 is 0.769 bits per heavy atom. The van der Waals surface area contributed by atoms with E-state index in [-0.39, 0.29) is 101 Å². The van der Waals surface area contributed by atoms with E-state index < -0.39 is 128 Å². The molecule has 2 saturated heterocycles. The molecule has 6 rings (SSSR count). The topological polar surface area (TPSA) is 449 Å². The first-order valence-electron chi connectivity index (χ1n) is 28.6. The Kier molecular flexibility index (Phi) is 37.3. The number of carbonyl (C=O) groups is 2. The number of hydrogen-bond acceptors (Lipinski definition) is 26. The van der Waals surface area contributed by atoms with Gasteiger partial charge < -0.3 is 74.6 Å². The molecule has 0 aromatic heterocycles. The third-order valence-corrected chi connectivity index (χ3v) is 15.8. The van der Waals surface area contributed by atoms with Gasteiger partial charge in [0.05, 0.1) is 37.9 Å². The number of allylic oxidation sites excluding steroid dienone is 6. The van der Waals surface area contributed by atoms with Gasteiger partial charge in [0.15, 0.2) is 24.4 Å². The van der Waals surface area contributed by atoms with Gasteiger partial charge in [-0.15, -0.1) is 37.9 Å². The summed E-state index contributed by atoms with van der Waals surface area (Å²) in [5.74, 6) is -0.167. The number of fused-ring (bicyclic) bond motifs is 2. The minimum atomic E-state index is -4.44. The van der Waals surface area contributed by atoms with Crippen LogP contribution in [-0.2, 0) is 86.1 Å². The molecule has 0 bridgehead atoms. The Morgan fingerprint density at radius 2 is 1.40 bits per heavy atom. The number of rotatable bonds is 28. The number of benzene rings is 2. The van der Waals surface area contributed by atoms with Crippen molar-refractivity contribution in [2.45, 2.75) is 170 Å². The molecule has 0 spiro atoms. The van der Waals surface area contributed by atoms with Crippen molar-refractivity contribution in [3.63, 3.8) is 0 Å². The van der Waals surface area contributed by atoms with E-state index in [2.05, 4.69) is 77.3 Å². The van der Waals surface area contributed by atoms with Gasteiger partial charge in [0, 0.05) is 62.3 Å². The Bertz CT molecular complexity index is 3200. The molecule has 2 aromatic carbocycles. The fourth-order valence-corrected chi connectivity index (χ4v) is 11.1. The van der Waals surface area contributed by atoms with Crippen molar-refractivity contribution < 1.29 is 175 Å². The van der Waals surface area contributed by atoms with Crippen molar-refractivity contribution in [1.82, 2.24) is 10.6 Å². The number of unbranched alkanes of at least 4 members (excludes halogenated alkanes) is 4. The predicted molar refractivity (Wildman–Crippen MR) is 316 cm³/mol. The third kappa shape index (κ3) is 25.2. The average molecular weight is 1390 g/mol. The number of anilines is 1. The van der Waals surface area contributed by atoms with E-state index in [1.165, 1.54) is 30.0 Å². The molecule has 4 aliphatic heterocycles. The largest absolute Gasteiger partial charge is 1.00 e. The summed E-state index contributed by atoms with van der Waals surface area (Å²) in [6, 6.07) is 14.3. The van der Waals surface area contributed by atoms with Crippen LogP contribution in [0.3, 0.4) is 0 Å². The van der Waals surface area contributed by atoms with E-state index in [1.54, 1.807) is 12.1 Å². The molecule has 4 aliphatic rings. The summed E-state index contributed by atoms with van der Waals surface area (Å²) in [6.45, 7) is 11.1. The first-order valence-corrected chi connectivity index (χ1v) is 33.1. The minimum absolute atomic E-state index is 0. The maximum absolute atomic E-state index is 12.8. The number of amides is 2. The zero-order chi connectivity index (χ0) is 67.5. The number of ether oxygens (including phenoxy) is 6. The van der Waals surface area contributed by atoms with Crippen molar-refractivity contribution in [3.05, 3.63) is 95.2 Å². The third-order valence-electron chi connectivity index (χ3n) is 15.0. The van der Waals surface area contributed by atoms with Crippen molar-refractivity contribution in [1.29, 1.82) is 0 Å². The predicted octanol–water partition coefficient (Wildman–Crippen LogP) is -2.76. The summed E-state index contributed by atoms with van der Waals surface area (Å²) in [5.41, 5.74) is 5.60. The molecule has 9 N–H and O–H groups in total. The molecular weight excluding hydrogens is 1310 g/mol. The van der Waals surface area contributed by atoms with Crippen molar-refractivity contribution in [2.75, 3.05) is 64.6 Å². The Hall–Kier alpha value is -4.16. The fourth-order valence-electron chi connectivity index (χ4n) is 10.6. The fraction of sp³-hybridized carbons (Fsp3) is 0.625. The Balaban J connectivity index is 0.00000199. The maximum Gasteiger partial charge on any atom is 1.00 e. The van der Waals surface area contributed by atoms with Crippen LogP contribution in [0.2, 0.25) is 0 Å². The van der Waals surface area contributed by atoms with Crippen LogP contribution in [-0.4, -0.2) is 225 Å². The van der Waals surface area contributed by atoms with Crippen LogP contribution >= 0.6 is 0 Å². The van der Waals surface area contributed by atoms with E-state index in [4.69, 9.17) is 66.3 Å². The summed E-state index contributed by atoms with van der Waals surface area (Å²) in [6.07, 6.45) is 1.24. The monoisotopic (exact) mass is 1390 g/mol. The first-order chi connectivity index (χ1) is 42.5. The summed E-state index contributed by atoms with van der Waals surface area (Å²) in [5, 5.41) is 67.6. The average Bonchev–Trinajstić information content (AvgIpc) is 1.62.